The van der Waals surface area contributed by atoms with Gasteiger partial charge in [-0.15, -0.1) is 0 Å². The number of rotatable bonds is 6. The number of hydrazine groups is 1. The van der Waals surface area contributed by atoms with Crippen LogP contribution in [-0.2, 0) is 9.59 Å². The van der Waals surface area contributed by atoms with Gasteiger partial charge in [0.1, 0.15) is 12.1 Å². The van der Waals surface area contributed by atoms with E-state index in [0.717, 1.165) is 19.3 Å². The topological polar surface area (TPSA) is 105 Å². The van der Waals surface area contributed by atoms with Crippen molar-refractivity contribution in [1.29, 1.82) is 0 Å². The summed E-state index contributed by atoms with van der Waals surface area (Å²) < 4.78 is 0. The van der Waals surface area contributed by atoms with Crippen molar-refractivity contribution >= 4 is 11.8 Å². The lowest BCUT2D eigenvalue weighted by molar-refractivity contribution is -0.143. The maximum absolute atomic E-state index is 13.1. The molecular formula is C17H31N5O2. The SMILES string of the molecule is CNC(=O)C1CCCN1C(=O)C(C(C)C)N(N)/C=C(\N)C1(C)CC1. The molecule has 2 aliphatic rings. The van der Waals surface area contributed by atoms with E-state index < -0.39 is 12.1 Å². The molecule has 0 bridgehead atoms. The predicted octanol–water partition coefficient (Wildman–Crippen LogP) is 0.524. The van der Waals surface area contributed by atoms with Gasteiger partial charge < -0.3 is 21.0 Å². The summed E-state index contributed by atoms with van der Waals surface area (Å²) in [6.45, 7) is 6.60. The van der Waals surface area contributed by atoms with Crippen LogP contribution in [0.3, 0.4) is 0 Å². The summed E-state index contributed by atoms with van der Waals surface area (Å²) in [5.74, 6) is 5.97. The van der Waals surface area contributed by atoms with Gasteiger partial charge >= 0.3 is 0 Å². The van der Waals surface area contributed by atoms with Gasteiger partial charge in [-0.3, -0.25) is 9.59 Å². The molecule has 0 radical (unpaired) electrons. The summed E-state index contributed by atoms with van der Waals surface area (Å²) in [6.07, 6.45) is 5.31. The fraction of sp³-hybridized carbons (Fsp3) is 0.765. The molecule has 2 fully saturated rings. The number of nitrogens with two attached hydrogens (primary N) is 2. The third-order valence-electron chi connectivity index (χ3n) is 5.28. The normalized spacial score (nSPS) is 24.0. The van der Waals surface area contributed by atoms with Crippen molar-refractivity contribution in [3.05, 3.63) is 11.9 Å². The molecule has 24 heavy (non-hydrogen) atoms. The van der Waals surface area contributed by atoms with Crippen molar-refractivity contribution in [2.45, 2.75) is 58.5 Å². The van der Waals surface area contributed by atoms with Crippen LogP contribution >= 0.6 is 0 Å². The maximum Gasteiger partial charge on any atom is 0.247 e. The number of likely N-dealkylation sites (tertiary alicyclic amines) is 1. The zero-order valence-electron chi connectivity index (χ0n) is 15.2. The van der Waals surface area contributed by atoms with Crippen LogP contribution < -0.4 is 16.9 Å². The van der Waals surface area contributed by atoms with Crippen LogP contribution in [0.25, 0.3) is 0 Å². The predicted molar refractivity (Wildman–Crippen MR) is 93.1 cm³/mol. The van der Waals surface area contributed by atoms with Crippen LogP contribution in [0.5, 0.6) is 0 Å². The molecule has 1 saturated heterocycles. The maximum atomic E-state index is 13.1. The van der Waals surface area contributed by atoms with E-state index in [1.54, 1.807) is 18.1 Å². The molecular weight excluding hydrogens is 306 g/mol. The van der Waals surface area contributed by atoms with Crippen molar-refractivity contribution in [2.24, 2.45) is 22.9 Å². The van der Waals surface area contributed by atoms with Gasteiger partial charge in [0.05, 0.1) is 0 Å². The molecule has 1 aliphatic heterocycles. The van der Waals surface area contributed by atoms with Crippen LogP contribution in [0.15, 0.2) is 11.9 Å². The molecule has 5 N–H and O–H groups in total. The first-order valence-electron chi connectivity index (χ1n) is 8.74. The molecule has 2 rings (SSSR count). The number of nitrogens with zero attached hydrogens (tertiary/aromatic N) is 2. The van der Waals surface area contributed by atoms with Gasteiger partial charge in [-0.1, -0.05) is 20.8 Å². The van der Waals surface area contributed by atoms with E-state index >= 15 is 0 Å². The molecule has 2 atom stereocenters. The summed E-state index contributed by atoms with van der Waals surface area (Å²) >= 11 is 0. The van der Waals surface area contributed by atoms with Gasteiger partial charge in [-0.05, 0) is 31.6 Å². The third kappa shape index (κ3) is 3.66. The van der Waals surface area contributed by atoms with Gasteiger partial charge in [0, 0.05) is 30.9 Å². The second kappa shape index (κ2) is 7.01. The lowest BCUT2D eigenvalue weighted by atomic mass is 10.0. The van der Waals surface area contributed by atoms with E-state index in [-0.39, 0.29) is 23.1 Å². The van der Waals surface area contributed by atoms with E-state index in [2.05, 4.69) is 12.2 Å². The lowest BCUT2D eigenvalue weighted by Crippen LogP contribution is -2.55. The number of allylic oxidation sites excluding steroid dienone is 1. The Hall–Kier alpha value is -1.76. The largest absolute Gasteiger partial charge is 0.400 e. The van der Waals surface area contributed by atoms with E-state index in [0.29, 0.717) is 18.7 Å². The van der Waals surface area contributed by atoms with Crippen LogP contribution in [0, 0.1) is 11.3 Å². The number of carbonyl (C=O) groups excluding carboxylic acids is 2. The highest BCUT2D eigenvalue weighted by Crippen LogP contribution is 2.49. The fourth-order valence-electron chi connectivity index (χ4n) is 3.27. The first kappa shape index (κ1) is 18.6. The summed E-state index contributed by atoms with van der Waals surface area (Å²) in [6, 6.07) is -0.935. The summed E-state index contributed by atoms with van der Waals surface area (Å²) in [5, 5.41) is 4.08. The smallest absolute Gasteiger partial charge is 0.247 e. The number of hydrogen-bond donors (Lipinski definition) is 3. The third-order valence-corrected chi connectivity index (χ3v) is 5.28. The first-order valence-corrected chi connectivity index (χ1v) is 8.74. The van der Waals surface area contributed by atoms with Crippen LogP contribution in [0.1, 0.15) is 46.5 Å². The number of carbonyl (C=O) groups is 2. The number of nitrogens with one attached hydrogen (secondary N) is 1. The molecule has 0 spiro atoms. The minimum Gasteiger partial charge on any atom is -0.400 e. The molecule has 2 unspecified atom stereocenters. The molecule has 1 saturated carbocycles. The van der Waals surface area contributed by atoms with Gasteiger partial charge in [0.2, 0.25) is 11.8 Å². The summed E-state index contributed by atoms with van der Waals surface area (Å²) in [4.78, 5) is 26.7. The van der Waals surface area contributed by atoms with Crippen molar-refractivity contribution < 1.29 is 9.59 Å². The Kier molecular flexibility index (Phi) is 5.42. The van der Waals surface area contributed by atoms with Gasteiger partial charge in [-0.25, -0.2) is 5.84 Å². The monoisotopic (exact) mass is 337 g/mol. The Balaban J connectivity index is 2.17. The quantitative estimate of drug-likeness (QED) is 0.484. The van der Waals surface area contributed by atoms with E-state index in [1.807, 2.05) is 13.8 Å². The summed E-state index contributed by atoms with van der Waals surface area (Å²) in [5.41, 5.74) is 6.88. The van der Waals surface area contributed by atoms with E-state index in [1.165, 1.54) is 5.01 Å². The number of hydrogen-bond acceptors (Lipinski definition) is 5. The molecule has 7 heteroatoms. The summed E-state index contributed by atoms with van der Waals surface area (Å²) in [7, 11) is 1.60. The highest BCUT2D eigenvalue weighted by molar-refractivity contribution is 5.90. The van der Waals surface area contributed by atoms with E-state index in [9.17, 15) is 9.59 Å². The van der Waals surface area contributed by atoms with Crippen molar-refractivity contribution in [3.63, 3.8) is 0 Å². The minimum atomic E-state index is -0.531. The van der Waals surface area contributed by atoms with Gasteiger partial charge in [0.25, 0.3) is 0 Å². The molecule has 7 nitrogen and oxygen atoms in total. The second-order valence-corrected chi connectivity index (χ2v) is 7.59. The lowest BCUT2D eigenvalue weighted by Gasteiger charge is -2.34. The Morgan fingerprint density at radius 3 is 2.50 bits per heavy atom. The zero-order valence-corrected chi connectivity index (χ0v) is 15.2. The average molecular weight is 337 g/mol. The standard InChI is InChI=1S/C17H31N5O2/c1-11(2)14(22(19)10-13(18)17(3)7-8-17)16(24)21-9-5-6-12(21)15(23)20-4/h10-12,14H,5-9,18-19H2,1-4H3,(H,20,23)/b13-10-. The molecule has 1 aliphatic carbocycles. The Morgan fingerprint density at radius 1 is 1.38 bits per heavy atom. The van der Waals surface area contributed by atoms with Crippen LogP contribution in [0.2, 0.25) is 0 Å². The van der Waals surface area contributed by atoms with Crippen molar-refractivity contribution in [3.8, 4) is 0 Å². The number of amides is 2. The Morgan fingerprint density at radius 2 is 2.00 bits per heavy atom. The minimum absolute atomic E-state index is 0.00416. The Labute approximate surface area is 144 Å². The molecule has 0 aromatic rings. The molecule has 136 valence electrons. The highest BCUT2D eigenvalue weighted by Gasteiger charge is 2.42. The molecule has 0 aromatic carbocycles. The zero-order chi connectivity index (χ0) is 18.1. The Bertz CT molecular complexity index is 527. The van der Waals surface area contributed by atoms with Gasteiger partial charge in [-0.2, -0.15) is 0 Å². The van der Waals surface area contributed by atoms with Crippen molar-refractivity contribution in [1.82, 2.24) is 15.2 Å². The average Bonchev–Trinajstić information content (AvgIpc) is 3.09. The highest BCUT2D eigenvalue weighted by atomic mass is 16.2. The van der Waals surface area contributed by atoms with Crippen LogP contribution in [0.4, 0.5) is 0 Å². The van der Waals surface area contributed by atoms with Crippen LogP contribution in [-0.4, -0.2) is 47.4 Å². The van der Waals surface area contributed by atoms with Gasteiger partial charge in [0.15, 0.2) is 0 Å². The molecule has 2 amide bonds. The van der Waals surface area contributed by atoms with Crippen molar-refractivity contribution in [2.75, 3.05) is 13.6 Å². The fourth-order valence-corrected chi connectivity index (χ4v) is 3.27. The second-order valence-electron chi connectivity index (χ2n) is 7.59. The van der Waals surface area contributed by atoms with E-state index in [4.69, 9.17) is 11.6 Å². The molecule has 0 aromatic heterocycles. The first-order chi connectivity index (χ1) is 11.2. The molecule has 1 heterocycles. The number of likely N-dealkylation sites (N-methyl/N-ethyl adjacent to an activating group) is 1.